The van der Waals surface area contributed by atoms with Crippen LogP contribution in [0.4, 0.5) is 10.7 Å². The van der Waals surface area contributed by atoms with Crippen LogP contribution >= 0.6 is 11.8 Å². The molecule has 2 amide bonds. The number of anilines is 1. The van der Waals surface area contributed by atoms with E-state index in [1.165, 1.54) is 11.8 Å². The van der Waals surface area contributed by atoms with Crippen LogP contribution in [-0.2, 0) is 9.53 Å². The Morgan fingerprint density at radius 2 is 2.15 bits per heavy atom. The first-order valence-corrected chi connectivity index (χ1v) is 7.10. The van der Waals surface area contributed by atoms with Gasteiger partial charge in [-0.15, -0.1) is 5.10 Å². The number of alkyl carbamates (subject to hydrolysis) is 1. The van der Waals surface area contributed by atoms with Gasteiger partial charge in [-0.1, -0.05) is 5.10 Å². The number of hydrogen-bond acceptors (Lipinski definition) is 7. The van der Waals surface area contributed by atoms with Crippen LogP contribution in [0.25, 0.3) is 0 Å². The lowest BCUT2D eigenvalue weighted by molar-refractivity contribution is -0.113. The lowest BCUT2D eigenvalue weighted by Crippen LogP contribution is -2.33. The van der Waals surface area contributed by atoms with Crippen LogP contribution in [0.3, 0.4) is 0 Å². The zero-order valence-electron chi connectivity index (χ0n) is 11.6. The topological polar surface area (TPSA) is 122 Å². The predicted molar refractivity (Wildman–Crippen MR) is 74.4 cm³/mol. The molecule has 10 heteroatoms. The molecular formula is C10H18N6O3S. The molecule has 0 bridgehead atoms. The number of ether oxygens (including phenoxy) is 1. The summed E-state index contributed by atoms with van der Waals surface area (Å²) in [5.74, 6) is 0.750. The van der Waals surface area contributed by atoms with Gasteiger partial charge in [0.1, 0.15) is 5.60 Å². The van der Waals surface area contributed by atoms with Crippen molar-refractivity contribution in [1.82, 2.24) is 25.9 Å². The molecule has 0 aromatic carbocycles. The molecule has 0 aliphatic rings. The third kappa shape index (κ3) is 7.56. The Morgan fingerprint density at radius 3 is 2.75 bits per heavy atom. The highest BCUT2D eigenvalue weighted by Gasteiger charge is 2.15. The molecule has 0 spiro atoms. The minimum Gasteiger partial charge on any atom is -0.444 e. The van der Waals surface area contributed by atoms with Crippen LogP contribution in [0.2, 0.25) is 0 Å². The van der Waals surface area contributed by atoms with E-state index < -0.39 is 11.7 Å². The fourth-order valence-corrected chi connectivity index (χ4v) is 1.73. The summed E-state index contributed by atoms with van der Waals surface area (Å²) in [6.45, 7) is 5.81. The number of rotatable bonds is 6. The van der Waals surface area contributed by atoms with Crippen molar-refractivity contribution in [3.8, 4) is 0 Å². The second-order valence-electron chi connectivity index (χ2n) is 4.76. The second-order valence-corrected chi connectivity index (χ2v) is 5.87. The number of aromatic amines is 1. The van der Waals surface area contributed by atoms with Crippen molar-refractivity contribution in [3.63, 3.8) is 0 Å². The number of hydrogen-bond donors (Lipinski definition) is 3. The number of amides is 2. The molecule has 0 radical (unpaired) electrons. The molecule has 1 heterocycles. The predicted octanol–water partition coefficient (Wildman–Crippen LogP) is 0.396. The maximum atomic E-state index is 11.4. The Labute approximate surface area is 120 Å². The van der Waals surface area contributed by atoms with Crippen molar-refractivity contribution in [2.45, 2.75) is 26.4 Å². The fourth-order valence-electron chi connectivity index (χ4n) is 1.08. The van der Waals surface area contributed by atoms with E-state index >= 15 is 0 Å². The molecule has 0 aliphatic carbocycles. The molecule has 0 aliphatic heterocycles. The Morgan fingerprint density at radius 1 is 1.40 bits per heavy atom. The maximum Gasteiger partial charge on any atom is 0.407 e. The minimum absolute atomic E-state index is 0.141. The molecule has 0 unspecified atom stereocenters. The van der Waals surface area contributed by atoms with Gasteiger partial charge in [0.25, 0.3) is 5.95 Å². The Hall–Kier alpha value is -1.84. The minimum atomic E-state index is -0.512. The number of tetrazole rings is 1. The number of aromatic nitrogens is 4. The van der Waals surface area contributed by atoms with Gasteiger partial charge in [-0.3, -0.25) is 10.1 Å². The lowest BCUT2D eigenvalue weighted by atomic mass is 10.2. The zero-order chi connectivity index (χ0) is 15.0. The van der Waals surface area contributed by atoms with Gasteiger partial charge in [0.15, 0.2) is 0 Å². The van der Waals surface area contributed by atoms with Gasteiger partial charge in [0.2, 0.25) is 5.91 Å². The quantitative estimate of drug-likeness (QED) is 0.650. The molecule has 1 rings (SSSR count). The summed E-state index contributed by atoms with van der Waals surface area (Å²) < 4.78 is 5.07. The Kier molecular flexibility index (Phi) is 6.22. The molecule has 3 N–H and O–H groups in total. The monoisotopic (exact) mass is 302 g/mol. The molecule has 20 heavy (non-hydrogen) atoms. The SMILES string of the molecule is CC(C)(C)OC(=O)NCCSCC(=O)Nc1nn[nH]n1. The van der Waals surface area contributed by atoms with E-state index in [2.05, 4.69) is 31.3 Å². The highest BCUT2D eigenvalue weighted by Crippen LogP contribution is 2.06. The van der Waals surface area contributed by atoms with Crippen molar-refractivity contribution < 1.29 is 14.3 Å². The van der Waals surface area contributed by atoms with Crippen molar-refractivity contribution in [3.05, 3.63) is 0 Å². The number of thioether (sulfide) groups is 1. The first-order chi connectivity index (χ1) is 9.37. The summed E-state index contributed by atoms with van der Waals surface area (Å²) in [6, 6.07) is 0. The summed E-state index contributed by atoms with van der Waals surface area (Å²) in [5.41, 5.74) is -0.512. The van der Waals surface area contributed by atoms with Gasteiger partial charge >= 0.3 is 6.09 Å². The van der Waals surface area contributed by atoms with E-state index in [9.17, 15) is 9.59 Å². The highest BCUT2D eigenvalue weighted by atomic mass is 32.2. The third-order valence-electron chi connectivity index (χ3n) is 1.74. The molecule has 1 aromatic rings. The van der Waals surface area contributed by atoms with E-state index in [-0.39, 0.29) is 17.6 Å². The first-order valence-electron chi connectivity index (χ1n) is 5.95. The largest absolute Gasteiger partial charge is 0.444 e. The number of nitrogens with zero attached hydrogens (tertiary/aromatic N) is 3. The van der Waals surface area contributed by atoms with Crippen molar-refractivity contribution in [2.24, 2.45) is 0 Å². The van der Waals surface area contributed by atoms with E-state index in [4.69, 9.17) is 4.74 Å². The maximum absolute atomic E-state index is 11.4. The van der Waals surface area contributed by atoms with Crippen molar-refractivity contribution in [1.29, 1.82) is 0 Å². The van der Waals surface area contributed by atoms with Gasteiger partial charge < -0.3 is 10.1 Å². The summed E-state index contributed by atoms with van der Waals surface area (Å²) in [6.07, 6.45) is -0.464. The average molecular weight is 302 g/mol. The fraction of sp³-hybridized carbons (Fsp3) is 0.700. The molecule has 1 aromatic heterocycles. The summed E-state index contributed by atoms with van der Waals surface area (Å²) in [4.78, 5) is 22.7. The van der Waals surface area contributed by atoms with Crippen molar-refractivity contribution in [2.75, 3.05) is 23.4 Å². The van der Waals surface area contributed by atoms with Crippen LogP contribution in [0.15, 0.2) is 0 Å². The molecule has 0 saturated carbocycles. The standard InChI is InChI=1S/C10H18N6O3S/c1-10(2,3)19-9(18)11-4-5-20-6-7(17)12-8-13-15-16-14-8/h4-6H2,1-3H3,(H,11,18)(H2,12,13,14,15,16,17). The van der Waals surface area contributed by atoms with Crippen molar-refractivity contribution >= 4 is 29.7 Å². The van der Waals surface area contributed by atoms with Gasteiger partial charge in [0, 0.05) is 12.3 Å². The number of carbonyl (C=O) groups is 2. The number of H-pyrrole nitrogens is 1. The van der Waals surface area contributed by atoms with Crippen LogP contribution in [0, 0.1) is 0 Å². The van der Waals surface area contributed by atoms with Crippen LogP contribution < -0.4 is 10.6 Å². The normalized spacial score (nSPS) is 10.9. The van der Waals surface area contributed by atoms with E-state index in [0.29, 0.717) is 12.3 Å². The molecule has 0 atom stereocenters. The van der Waals surface area contributed by atoms with E-state index in [1.54, 1.807) is 20.8 Å². The second kappa shape index (κ2) is 7.68. The summed E-state index contributed by atoms with van der Waals surface area (Å²) >= 11 is 1.37. The molecule has 0 fully saturated rings. The van der Waals surface area contributed by atoms with Crippen LogP contribution in [0.1, 0.15) is 20.8 Å². The van der Waals surface area contributed by atoms with Gasteiger partial charge in [-0.2, -0.15) is 17.0 Å². The van der Waals surface area contributed by atoms with Crippen LogP contribution in [0.5, 0.6) is 0 Å². The number of carbonyl (C=O) groups excluding carboxylic acids is 2. The van der Waals surface area contributed by atoms with Crippen LogP contribution in [-0.4, -0.2) is 56.3 Å². The number of nitrogens with one attached hydrogen (secondary N) is 3. The van der Waals surface area contributed by atoms with Gasteiger partial charge in [0.05, 0.1) is 5.75 Å². The first kappa shape index (κ1) is 16.2. The van der Waals surface area contributed by atoms with Gasteiger partial charge in [-0.25, -0.2) is 4.79 Å². The third-order valence-corrected chi connectivity index (χ3v) is 2.70. The summed E-state index contributed by atoms with van der Waals surface area (Å²) in [5, 5.41) is 17.8. The highest BCUT2D eigenvalue weighted by molar-refractivity contribution is 7.99. The molecule has 112 valence electrons. The van der Waals surface area contributed by atoms with E-state index in [1.807, 2.05) is 0 Å². The molecular weight excluding hydrogens is 284 g/mol. The Bertz CT molecular complexity index is 431. The summed E-state index contributed by atoms with van der Waals surface area (Å²) in [7, 11) is 0. The average Bonchev–Trinajstić information content (AvgIpc) is 2.78. The molecule has 9 nitrogen and oxygen atoms in total. The zero-order valence-corrected chi connectivity index (χ0v) is 12.4. The Balaban J connectivity index is 2.04. The van der Waals surface area contributed by atoms with E-state index in [0.717, 1.165) is 0 Å². The van der Waals surface area contributed by atoms with Gasteiger partial charge in [-0.05, 0) is 26.0 Å². The smallest absolute Gasteiger partial charge is 0.407 e. The molecule has 0 saturated heterocycles. The lowest BCUT2D eigenvalue weighted by Gasteiger charge is -2.19.